The van der Waals surface area contributed by atoms with Gasteiger partial charge in [0.1, 0.15) is 5.69 Å². The van der Waals surface area contributed by atoms with E-state index >= 15 is 0 Å². The number of pyridine rings is 2. The van der Waals surface area contributed by atoms with Crippen LogP contribution in [0, 0.1) is 0 Å². The van der Waals surface area contributed by atoms with Gasteiger partial charge in [0, 0.05) is 30.5 Å². The van der Waals surface area contributed by atoms with Crippen molar-refractivity contribution in [2.75, 3.05) is 20.3 Å². The van der Waals surface area contributed by atoms with Crippen LogP contribution in [0.15, 0.2) is 47.2 Å². The normalized spacial score (nSPS) is 10.4. The first-order valence-electron chi connectivity index (χ1n) is 6.50. The summed E-state index contributed by atoms with van der Waals surface area (Å²) in [4.78, 5) is 22.6. The smallest absolute Gasteiger partial charge is 0.272 e. The zero-order valence-corrected chi connectivity index (χ0v) is 13.3. The van der Waals surface area contributed by atoms with Crippen molar-refractivity contribution in [1.29, 1.82) is 0 Å². The van der Waals surface area contributed by atoms with Crippen molar-refractivity contribution < 1.29 is 9.53 Å². The molecule has 110 valence electrons. The number of halogens is 1. The summed E-state index contributed by atoms with van der Waals surface area (Å²) in [7, 11) is 1.61. The van der Waals surface area contributed by atoms with E-state index in [2.05, 4.69) is 25.9 Å². The van der Waals surface area contributed by atoms with Crippen LogP contribution in [-0.4, -0.2) is 41.0 Å². The van der Waals surface area contributed by atoms with E-state index in [1.54, 1.807) is 36.5 Å². The van der Waals surface area contributed by atoms with Crippen LogP contribution in [0.2, 0.25) is 0 Å². The van der Waals surface area contributed by atoms with Crippen LogP contribution in [0.4, 0.5) is 0 Å². The summed E-state index contributed by atoms with van der Waals surface area (Å²) in [5.74, 6) is -0.134. The van der Waals surface area contributed by atoms with Gasteiger partial charge in [0.2, 0.25) is 0 Å². The summed E-state index contributed by atoms with van der Waals surface area (Å²) in [5, 5.41) is 0. The van der Waals surface area contributed by atoms with E-state index in [0.29, 0.717) is 25.4 Å². The predicted molar refractivity (Wildman–Crippen MR) is 82.8 cm³/mol. The van der Waals surface area contributed by atoms with Crippen molar-refractivity contribution >= 4 is 21.8 Å². The van der Waals surface area contributed by atoms with Crippen LogP contribution in [-0.2, 0) is 11.3 Å². The van der Waals surface area contributed by atoms with Crippen molar-refractivity contribution in [3.8, 4) is 0 Å². The van der Waals surface area contributed by atoms with Crippen molar-refractivity contribution in [2.45, 2.75) is 6.54 Å². The molecule has 0 N–H and O–H groups in total. The molecule has 2 rings (SSSR count). The highest BCUT2D eigenvalue weighted by molar-refractivity contribution is 9.10. The molecule has 0 saturated carbocycles. The Hall–Kier alpha value is -1.79. The Morgan fingerprint density at radius 1 is 1.29 bits per heavy atom. The van der Waals surface area contributed by atoms with Crippen molar-refractivity contribution in [3.05, 3.63) is 58.6 Å². The maximum atomic E-state index is 12.5. The van der Waals surface area contributed by atoms with Gasteiger partial charge in [-0.15, -0.1) is 0 Å². The molecule has 2 aromatic heterocycles. The Morgan fingerprint density at radius 3 is 2.76 bits per heavy atom. The summed E-state index contributed by atoms with van der Waals surface area (Å²) in [5.41, 5.74) is 1.24. The van der Waals surface area contributed by atoms with Gasteiger partial charge < -0.3 is 9.64 Å². The van der Waals surface area contributed by atoms with Crippen LogP contribution in [0.3, 0.4) is 0 Å². The maximum Gasteiger partial charge on any atom is 0.272 e. The Balaban J connectivity index is 2.14. The lowest BCUT2D eigenvalue weighted by atomic mass is 10.2. The Labute approximate surface area is 132 Å². The third-order valence-electron chi connectivity index (χ3n) is 2.88. The number of carbonyl (C=O) groups excluding carboxylic acids is 1. The van der Waals surface area contributed by atoms with Gasteiger partial charge in [0.15, 0.2) is 0 Å². The topological polar surface area (TPSA) is 55.3 Å². The third-order valence-corrected chi connectivity index (χ3v) is 3.35. The molecule has 0 radical (unpaired) electrons. The van der Waals surface area contributed by atoms with Crippen molar-refractivity contribution in [3.63, 3.8) is 0 Å². The molecule has 2 aromatic rings. The van der Waals surface area contributed by atoms with Crippen LogP contribution in [0.1, 0.15) is 16.2 Å². The van der Waals surface area contributed by atoms with Gasteiger partial charge in [0.05, 0.1) is 18.8 Å². The van der Waals surface area contributed by atoms with Crippen molar-refractivity contribution in [2.24, 2.45) is 0 Å². The first kappa shape index (κ1) is 15.6. The van der Waals surface area contributed by atoms with Gasteiger partial charge in [-0.2, -0.15) is 0 Å². The number of aromatic nitrogens is 2. The number of methoxy groups -OCH3 is 1. The quantitative estimate of drug-likeness (QED) is 0.803. The largest absolute Gasteiger partial charge is 0.383 e. The molecule has 0 unspecified atom stereocenters. The average Bonchev–Trinajstić information content (AvgIpc) is 2.52. The minimum atomic E-state index is -0.134. The van der Waals surface area contributed by atoms with E-state index in [9.17, 15) is 4.79 Å². The monoisotopic (exact) mass is 349 g/mol. The Morgan fingerprint density at radius 2 is 2.14 bits per heavy atom. The summed E-state index contributed by atoms with van der Waals surface area (Å²) >= 11 is 3.31. The molecular weight excluding hydrogens is 334 g/mol. The van der Waals surface area contributed by atoms with Crippen LogP contribution < -0.4 is 0 Å². The van der Waals surface area contributed by atoms with Gasteiger partial charge in [-0.1, -0.05) is 6.07 Å². The number of amides is 1. The number of ether oxygens (including phenoxy) is 1. The molecule has 6 heteroatoms. The fourth-order valence-corrected chi connectivity index (χ4v) is 2.04. The Bertz CT molecular complexity index is 575. The maximum absolute atomic E-state index is 12.5. The highest BCUT2D eigenvalue weighted by Gasteiger charge is 2.17. The minimum absolute atomic E-state index is 0.134. The lowest BCUT2D eigenvalue weighted by Crippen LogP contribution is -2.34. The fourth-order valence-electron chi connectivity index (χ4n) is 1.81. The molecule has 0 atom stereocenters. The summed E-state index contributed by atoms with van der Waals surface area (Å²) in [6, 6.07) is 9.14. The number of hydrogen-bond acceptors (Lipinski definition) is 4. The van der Waals surface area contributed by atoms with E-state index in [0.717, 1.165) is 10.2 Å². The molecule has 0 spiro atoms. The molecule has 0 aliphatic rings. The molecule has 5 nitrogen and oxygen atoms in total. The van der Waals surface area contributed by atoms with Crippen molar-refractivity contribution in [1.82, 2.24) is 14.9 Å². The van der Waals surface area contributed by atoms with Gasteiger partial charge in [-0.25, -0.2) is 4.98 Å². The molecular formula is C15H16BrN3O2. The number of rotatable bonds is 6. The first-order chi connectivity index (χ1) is 10.2. The molecule has 0 bridgehead atoms. The molecule has 21 heavy (non-hydrogen) atoms. The second kappa shape index (κ2) is 7.85. The molecule has 0 aliphatic heterocycles. The van der Waals surface area contributed by atoms with Gasteiger partial charge in [0.25, 0.3) is 5.91 Å². The van der Waals surface area contributed by atoms with E-state index in [-0.39, 0.29) is 5.91 Å². The Kier molecular flexibility index (Phi) is 5.83. The number of hydrogen-bond donors (Lipinski definition) is 0. The zero-order valence-electron chi connectivity index (χ0n) is 11.7. The van der Waals surface area contributed by atoms with E-state index in [1.807, 2.05) is 18.2 Å². The number of carbonyl (C=O) groups is 1. The number of nitrogens with zero attached hydrogens (tertiary/aromatic N) is 3. The first-order valence-corrected chi connectivity index (χ1v) is 7.29. The highest BCUT2D eigenvalue weighted by atomic mass is 79.9. The average molecular weight is 350 g/mol. The molecule has 0 saturated heterocycles. The zero-order chi connectivity index (χ0) is 15.1. The van der Waals surface area contributed by atoms with Crippen LogP contribution in [0.5, 0.6) is 0 Å². The lowest BCUT2D eigenvalue weighted by molar-refractivity contribution is 0.0672. The van der Waals surface area contributed by atoms with E-state index in [1.165, 1.54) is 0 Å². The highest BCUT2D eigenvalue weighted by Crippen LogP contribution is 2.11. The second-order valence-corrected chi connectivity index (χ2v) is 5.32. The molecule has 2 heterocycles. The van der Waals surface area contributed by atoms with Gasteiger partial charge >= 0.3 is 0 Å². The van der Waals surface area contributed by atoms with Crippen LogP contribution >= 0.6 is 15.9 Å². The molecule has 0 aliphatic carbocycles. The molecule has 1 amide bonds. The fraction of sp³-hybridized carbons (Fsp3) is 0.267. The van der Waals surface area contributed by atoms with E-state index in [4.69, 9.17) is 4.74 Å². The van der Waals surface area contributed by atoms with Crippen LogP contribution in [0.25, 0.3) is 0 Å². The third kappa shape index (κ3) is 4.61. The molecule has 0 aromatic carbocycles. The summed E-state index contributed by atoms with van der Waals surface area (Å²) < 4.78 is 5.91. The predicted octanol–water partition coefficient (Wildman–Crippen LogP) is 2.53. The minimum Gasteiger partial charge on any atom is -0.383 e. The standard InChI is InChI=1S/C15H16BrN3O2/c1-21-9-8-19(11-13-4-2-3-7-17-13)15(20)14-6-5-12(16)10-18-14/h2-7,10H,8-9,11H2,1H3. The van der Waals surface area contributed by atoms with Gasteiger partial charge in [-0.05, 0) is 40.2 Å². The lowest BCUT2D eigenvalue weighted by Gasteiger charge is -2.21. The second-order valence-electron chi connectivity index (χ2n) is 4.40. The van der Waals surface area contributed by atoms with E-state index < -0.39 is 0 Å². The SMILES string of the molecule is COCCN(Cc1ccccn1)C(=O)c1ccc(Br)cn1. The summed E-state index contributed by atoms with van der Waals surface area (Å²) in [6.07, 6.45) is 3.33. The molecule has 0 fully saturated rings. The van der Waals surface area contributed by atoms with Gasteiger partial charge in [-0.3, -0.25) is 9.78 Å². The summed E-state index contributed by atoms with van der Waals surface area (Å²) in [6.45, 7) is 1.39.